The Balaban J connectivity index is 0.00000364. The second-order valence-corrected chi connectivity index (χ2v) is 7.28. The van der Waals surface area contributed by atoms with Gasteiger partial charge in [-0.2, -0.15) is 0 Å². The molecule has 0 radical (unpaired) electrons. The van der Waals surface area contributed by atoms with Gasteiger partial charge in [0.25, 0.3) is 5.91 Å². The first-order valence-corrected chi connectivity index (χ1v) is 8.44. The number of amides is 4. The lowest BCUT2D eigenvalue weighted by atomic mass is 9.88. The summed E-state index contributed by atoms with van der Waals surface area (Å²) < 4.78 is 13.1. The minimum Gasteiger partial charge on any atom is -0.348 e. The van der Waals surface area contributed by atoms with Crippen molar-refractivity contribution in [3.05, 3.63) is 35.6 Å². The summed E-state index contributed by atoms with van der Waals surface area (Å²) in [6.07, 6.45) is 0. The van der Waals surface area contributed by atoms with Crippen molar-refractivity contribution in [2.75, 3.05) is 13.1 Å². The molecule has 2 rings (SSSR count). The second-order valence-electron chi connectivity index (χ2n) is 7.28. The molecule has 1 heterocycles. The molecule has 1 saturated heterocycles. The largest absolute Gasteiger partial charge is 0.348 e. The van der Waals surface area contributed by atoms with E-state index in [9.17, 15) is 18.8 Å². The number of carbonyl (C=O) groups is 3. The molecule has 27 heavy (non-hydrogen) atoms. The van der Waals surface area contributed by atoms with Crippen LogP contribution in [0.3, 0.4) is 0 Å². The van der Waals surface area contributed by atoms with Crippen LogP contribution in [0.2, 0.25) is 0 Å². The Labute approximate surface area is 164 Å². The van der Waals surface area contributed by atoms with Gasteiger partial charge < -0.3 is 16.4 Å². The van der Waals surface area contributed by atoms with E-state index in [-0.39, 0.29) is 24.9 Å². The van der Waals surface area contributed by atoms with Crippen molar-refractivity contribution in [2.45, 2.75) is 38.8 Å². The molecule has 1 aromatic carbocycles. The van der Waals surface area contributed by atoms with Crippen LogP contribution >= 0.6 is 12.4 Å². The quantitative estimate of drug-likeness (QED) is 0.629. The topological polar surface area (TPSA) is 105 Å². The van der Waals surface area contributed by atoms with Crippen LogP contribution in [-0.2, 0) is 15.1 Å². The molecule has 4 N–H and O–H groups in total. The van der Waals surface area contributed by atoms with Crippen molar-refractivity contribution < 1.29 is 18.8 Å². The Hall–Kier alpha value is -2.19. The zero-order chi connectivity index (χ0) is 19.7. The average molecular weight is 401 g/mol. The number of benzene rings is 1. The third-order valence-electron chi connectivity index (χ3n) is 5.12. The summed E-state index contributed by atoms with van der Waals surface area (Å²) in [6, 6.07) is 4.62. The smallest absolute Gasteiger partial charge is 0.325 e. The first-order chi connectivity index (χ1) is 12.0. The predicted molar refractivity (Wildman–Crippen MR) is 102 cm³/mol. The Morgan fingerprint density at radius 1 is 1.33 bits per heavy atom. The highest BCUT2D eigenvalue weighted by Gasteiger charge is 2.49. The molecule has 4 amide bonds. The lowest BCUT2D eigenvalue weighted by Gasteiger charge is -2.34. The van der Waals surface area contributed by atoms with Gasteiger partial charge in [-0.25, -0.2) is 9.18 Å². The first-order valence-electron chi connectivity index (χ1n) is 8.44. The lowest BCUT2D eigenvalue weighted by Crippen LogP contribution is -2.57. The summed E-state index contributed by atoms with van der Waals surface area (Å²) in [5, 5.41) is 5.38. The van der Waals surface area contributed by atoms with E-state index in [1.54, 1.807) is 0 Å². The number of imide groups is 1. The fourth-order valence-electron chi connectivity index (χ4n) is 2.75. The van der Waals surface area contributed by atoms with E-state index in [1.807, 2.05) is 20.8 Å². The number of carbonyl (C=O) groups excluding carboxylic acids is 3. The van der Waals surface area contributed by atoms with E-state index >= 15 is 0 Å². The fraction of sp³-hybridized carbons (Fsp3) is 0.500. The van der Waals surface area contributed by atoms with E-state index in [0.717, 1.165) is 4.90 Å². The van der Waals surface area contributed by atoms with Gasteiger partial charge in [-0.15, -0.1) is 12.4 Å². The van der Waals surface area contributed by atoms with Gasteiger partial charge in [0.1, 0.15) is 17.9 Å². The van der Waals surface area contributed by atoms with Crippen molar-refractivity contribution >= 4 is 30.3 Å². The van der Waals surface area contributed by atoms with Gasteiger partial charge in [0.15, 0.2) is 0 Å². The van der Waals surface area contributed by atoms with E-state index in [4.69, 9.17) is 5.73 Å². The van der Waals surface area contributed by atoms with Gasteiger partial charge in [-0.1, -0.05) is 26.0 Å². The molecule has 1 aliphatic rings. The molecule has 0 bridgehead atoms. The highest BCUT2D eigenvalue weighted by Crippen LogP contribution is 2.28. The van der Waals surface area contributed by atoms with E-state index in [2.05, 4.69) is 10.6 Å². The molecule has 0 aromatic heterocycles. The van der Waals surface area contributed by atoms with Crippen LogP contribution in [0.15, 0.2) is 24.3 Å². The Morgan fingerprint density at radius 2 is 1.89 bits per heavy atom. The molecule has 0 saturated carbocycles. The van der Waals surface area contributed by atoms with Crippen molar-refractivity contribution in [3.8, 4) is 0 Å². The molecule has 1 fully saturated rings. The molecule has 2 atom stereocenters. The van der Waals surface area contributed by atoms with Gasteiger partial charge >= 0.3 is 6.03 Å². The number of halogens is 2. The summed E-state index contributed by atoms with van der Waals surface area (Å²) in [6.45, 7) is 6.99. The normalized spacial score (nSPS) is 21.5. The Kier molecular flexibility index (Phi) is 6.96. The second kappa shape index (κ2) is 8.22. The third kappa shape index (κ3) is 4.39. The first kappa shape index (κ1) is 22.9. The Morgan fingerprint density at radius 3 is 2.37 bits per heavy atom. The summed E-state index contributed by atoms with van der Waals surface area (Å²) >= 11 is 0. The molecular weight excluding hydrogens is 375 g/mol. The van der Waals surface area contributed by atoms with Crippen LogP contribution in [0.1, 0.15) is 33.3 Å². The lowest BCUT2D eigenvalue weighted by molar-refractivity contribution is -0.135. The molecule has 0 spiro atoms. The van der Waals surface area contributed by atoms with Crippen molar-refractivity contribution in [3.63, 3.8) is 0 Å². The van der Waals surface area contributed by atoms with Gasteiger partial charge in [0, 0.05) is 6.54 Å². The van der Waals surface area contributed by atoms with Crippen LogP contribution in [0.4, 0.5) is 9.18 Å². The van der Waals surface area contributed by atoms with Crippen LogP contribution < -0.4 is 16.4 Å². The molecular formula is C18H26ClFN4O3. The summed E-state index contributed by atoms with van der Waals surface area (Å²) in [7, 11) is 0. The molecule has 1 aliphatic heterocycles. The number of nitrogens with zero attached hydrogens (tertiary/aromatic N) is 1. The minimum atomic E-state index is -1.35. The molecule has 7 nitrogen and oxygen atoms in total. The standard InChI is InChI=1S/C18H25FN4O3.ClH/c1-11(2)17(3,10-20)21-14(24)9-23-15(25)18(4,22-16(23)26)12-5-7-13(19)8-6-12;/h5-8,11H,9-10,20H2,1-4H3,(H,21,24)(H,22,26);1H. The average Bonchev–Trinajstić information content (AvgIpc) is 2.79. The minimum absolute atomic E-state index is 0. The van der Waals surface area contributed by atoms with Crippen LogP contribution in [0.5, 0.6) is 0 Å². The molecule has 9 heteroatoms. The monoisotopic (exact) mass is 400 g/mol. The molecule has 150 valence electrons. The SMILES string of the molecule is CC(C)C(C)(CN)NC(=O)CN1C(=O)NC(C)(c2ccc(F)cc2)C1=O.Cl. The van der Waals surface area contributed by atoms with Gasteiger partial charge in [-0.3, -0.25) is 14.5 Å². The van der Waals surface area contributed by atoms with Gasteiger partial charge in [-0.05, 0) is 37.5 Å². The highest BCUT2D eigenvalue weighted by molar-refractivity contribution is 6.09. The van der Waals surface area contributed by atoms with Crippen LogP contribution in [0.25, 0.3) is 0 Å². The van der Waals surface area contributed by atoms with Crippen molar-refractivity contribution in [1.82, 2.24) is 15.5 Å². The number of nitrogens with one attached hydrogen (secondary N) is 2. The van der Waals surface area contributed by atoms with Crippen molar-refractivity contribution in [1.29, 1.82) is 0 Å². The van der Waals surface area contributed by atoms with Crippen LogP contribution in [-0.4, -0.2) is 41.4 Å². The predicted octanol–water partition coefficient (Wildman–Crippen LogP) is 1.50. The highest BCUT2D eigenvalue weighted by atomic mass is 35.5. The summed E-state index contributed by atoms with van der Waals surface area (Å²) in [4.78, 5) is 38.3. The van der Waals surface area contributed by atoms with E-state index in [0.29, 0.717) is 5.56 Å². The maximum Gasteiger partial charge on any atom is 0.325 e. The number of urea groups is 1. The number of rotatable bonds is 6. The third-order valence-corrected chi connectivity index (χ3v) is 5.12. The van der Waals surface area contributed by atoms with Gasteiger partial charge in [0.05, 0.1) is 5.54 Å². The maximum atomic E-state index is 13.1. The van der Waals surface area contributed by atoms with E-state index < -0.39 is 41.3 Å². The fourth-order valence-corrected chi connectivity index (χ4v) is 2.75. The number of nitrogens with two attached hydrogens (primary N) is 1. The zero-order valence-corrected chi connectivity index (χ0v) is 16.7. The van der Waals surface area contributed by atoms with E-state index in [1.165, 1.54) is 31.2 Å². The Bertz CT molecular complexity index is 728. The van der Waals surface area contributed by atoms with Crippen LogP contribution in [0, 0.1) is 11.7 Å². The zero-order valence-electron chi connectivity index (χ0n) is 15.8. The van der Waals surface area contributed by atoms with Crippen molar-refractivity contribution in [2.24, 2.45) is 11.7 Å². The number of hydrogen-bond acceptors (Lipinski definition) is 4. The maximum absolute atomic E-state index is 13.1. The summed E-state index contributed by atoms with van der Waals surface area (Å²) in [5.41, 5.74) is 4.19. The summed E-state index contributed by atoms with van der Waals surface area (Å²) in [5.74, 6) is -1.41. The van der Waals surface area contributed by atoms with Gasteiger partial charge in [0.2, 0.25) is 5.91 Å². The molecule has 0 aliphatic carbocycles. The molecule has 2 unspecified atom stereocenters. The number of hydrogen-bond donors (Lipinski definition) is 3. The molecule has 1 aromatic rings.